The predicted molar refractivity (Wildman–Crippen MR) is 146 cm³/mol. The number of carboxylic acid groups (broad SMARTS) is 1. The molecule has 0 saturated heterocycles. The van der Waals surface area contributed by atoms with Crippen molar-refractivity contribution in [2.24, 2.45) is 0 Å². The van der Waals surface area contributed by atoms with Crippen LogP contribution in [0.3, 0.4) is 0 Å². The largest absolute Gasteiger partial charge is 0.496 e. The number of esters is 3. The summed E-state index contributed by atoms with van der Waals surface area (Å²) in [5, 5.41) is 11.7. The Morgan fingerprint density at radius 1 is 1.02 bits per heavy atom. The van der Waals surface area contributed by atoms with E-state index < -0.39 is 23.9 Å². The second-order valence-electron chi connectivity index (χ2n) is 9.48. The molecule has 2 aromatic rings. The van der Waals surface area contributed by atoms with Crippen LogP contribution in [0.1, 0.15) is 75.6 Å². The van der Waals surface area contributed by atoms with Crippen LogP contribution >= 0.6 is 0 Å². The number of rotatable bonds is 13. The van der Waals surface area contributed by atoms with E-state index in [1.807, 2.05) is 0 Å². The van der Waals surface area contributed by atoms with Crippen molar-refractivity contribution in [1.82, 2.24) is 5.32 Å². The summed E-state index contributed by atoms with van der Waals surface area (Å²) >= 11 is 0. The molecule has 0 aliphatic carbocycles. The molecule has 0 saturated carbocycles. The zero-order chi connectivity index (χ0) is 30.1. The van der Waals surface area contributed by atoms with E-state index in [0.29, 0.717) is 34.4 Å². The molecule has 0 unspecified atom stereocenters. The zero-order valence-corrected chi connectivity index (χ0v) is 23.5. The molecule has 1 amide bonds. The molecule has 11 nitrogen and oxygen atoms in total. The number of carbonyl (C=O) groups excluding carboxylic acids is 4. The number of aliphatic carboxylic acids is 1. The minimum atomic E-state index is -0.915. The van der Waals surface area contributed by atoms with Crippen LogP contribution < -0.4 is 14.8 Å². The summed E-state index contributed by atoms with van der Waals surface area (Å²) < 4.78 is 21.2. The van der Waals surface area contributed by atoms with Crippen molar-refractivity contribution in [2.75, 3.05) is 14.2 Å². The number of carboxylic acids is 1. The lowest BCUT2D eigenvalue weighted by molar-refractivity contribution is -0.137. The molecule has 2 aromatic carbocycles. The number of methoxy groups -OCH3 is 2. The molecule has 3 rings (SSSR count). The van der Waals surface area contributed by atoms with Gasteiger partial charge in [0.1, 0.15) is 17.9 Å². The molecule has 1 aliphatic heterocycles. The van der Waals surface area contributed by atoms with Gasteiger partial charge in [0.25, 0.3) is 0 Å². The van der Waals surface area contributed by atoms with Crippen LogP contribution in [0.25, 0.3) is 0 Å². The lowest BCUT2D eigenvalue weighted by Gasteiger charge is -2.19. The van der Waals surface area contributed by atoms with Gasteiger partial charge >= 0.3 is 23.9 Å². The van der Waals surface area contributed by atoms with E-state index >= 15 is 0 Å². The fourth-order valence-electron chi connectivity index (χ4n) is 4.35. The van der Waals surface area contributed by atoms with Gasteiger partial charge < -0.3 is 29.4 Å². The van der Waals surface area contributed by atoms with Crippen LogP contribution in [0.5, 0.6) is 11.5 Å². The third-order valence-electron chi connectivity index (χ3n) is 6.65. The van der Waals surface area contributed by atoms with Crippen LogP contribution in [0.4, 0.5) is 0 Å². The van der Waals surface area contributed by atoms with Crippen molar-refractivity contribution >= 4 is 29.8 Å². The van der Waals surface area contributed by atoms with E-state index in [9.17, 15) is 24.0 Å². The summed E-state index contributed by atoms with van der Waals surface area (Å²) in [5.74, 6) is -2.66. The molecular weight excluding hydrogens is 534 g/mol. The van der Waals surface area contributed by atoms with Crippen molar-refractivity contribution in [3.05, 3.63) is 69.3 Å². The number of cyclic esters (lactones) is 1. The highest BCUT2D eigenvalue weighted by Gasteiger charge is 2.34. The highest BCUT2D eigenvalue weighted by molar-refractivity contribution is 5.99. The number of allylic oxidation sites excluding steroid dienone is 2. The average Bonchev–Trinajstić information content (AvgIpc) is 3.35. The Hall–Kier alpha value is -4.67. The van der Waals surface area contributed by atoms with Crippen LogP contribution in [-0.4, -0.2) is 49.1 Å². The zero-order valence-electron chi connectivity index (χ0n) is 23.5. The summed E-state index contributed by atoms with van der Waals surface area (Å²) in [6.07, 6.45) is 1.92. The summed E-state index contributed by atoms with van der Waals surface area (Å²) in [6, 6.07) is 6.55. The van der Waals surface area contributed by atoms with Gasteiger partial charge in [-0.25, -0.2) is 9.59 Å². The maximum Gasteiger partial charge on any atom is 0.342 e. The number of carbonyl (C=O) groups is 5. The number of hydrogen-bond acceptors (Lipinski definition) is 9. The highest BCUT2D eigenvalue weighted by atomic mass is 16.6. The first-order valence-corrected chi connectivity index (χ1v) is 13.0. The number of amides is 1. The molecule has 0 radical (unpaired) electrons. The topological polar surface area (TPSA) is 155 Å². The highest BCUT2D eigenvalue weighted by Crippen LogP contribution is 2.43. The molecule has 0 aromatic heterocycles. The third kappa shape index (κ3) is 7.93. The number of benzene rings is 2. The summed E-state index contributed by atoms with van der Waals surface area (Å²) in [5.41, 5.74) is 3.78. The molecule has 1 heterocycles. The minimum absolute atomic E-state index is 0.0116. The van der Waals surface area contributed by atoms with Crippen LogP contribution in [0.15, 0.2) is 35.9 Å². The quantitative estimate of drug-likeness (QED) is 0.207. The Labute approximate surface area is 237 Å². The van der Waals surface area contributed by atoms with E-state index in [-0.39, 0.29) is 56.1 Å². The SMILES string of the molecule is COC(=O)c1ccc(CNC(=O)CCC(=O)Oc2c(C/C=C(\C)CCC(=O)O)c(OC)c(C)c3c2C(=O)OC3)cc1. The van der Waals surface area contributed by atoms with Crippen molar-refractivity contribution < 1.29 is 48.0 Å². The number of nitrogens with one attached hydrogen (secondary N) is 1. The van der Waals surface area contributed by atoms with Crippen molar-refractivity contribution in [3.8, 4) is 11.5 Å². The minimum Gasteiger partial charge on any atom is -0.496 e. The Morgan fingerprint density at radius 2 is 1.73 bits per heavy atom. The van der Waals surface area contributed by atoms with E-state index in [1.54, 1.807) is 44.2 Å². The van der Waals surface area contributed by atoms with Crippen LogP contribution in [0, 0.1) is 6.92 Å². The van der Waals surface area contributed by atoms with E-state index in [0.717, 1.165) is 11.1 Å². The van der Waals surface area contributed by atoms with Crippen molar-refractivity contribution in [2.45, 2.75) is 59.1 Å². The van der Waals surface area contributed by atoms with Gasteiger partial charge in [0.05, 0.1) is 26.2 Å². The van der Waals surface area contributed by atoms with Crippen molar-refractivity contribution in [3.63, 3.8) is 0 Å². The third-order valence-corrected chi connectivity index (χ3v) is 6.65. The van der Waals surface area contributed by atoms with Gasteiger partial charge in [-0.3, -0.25) is 14.4 Å². The van der Waals surface area contributed by atoms with E-state index in [2.05, 4.69) is 10.1 Å². The first kappa shape index (κ1) is 30.9. The molecular formula is C30H33NO10. The molecule has 218 valence electrons. The number of hydrogen-bond donors (Lipinski definition) is 2. The summed E-state index contributed by atoms with van der Waals surface area (Å²) in [7, 11) is 2.76. The first-order chi connectivity index (χ1) is 19.5. The Bertz CT molecular complexity index is 1370. The number of ether oxygens (including phenoxy) is 4. The molecule has 1 aliphatic rings. The Morgan fingerprint density at radius 3 is 2.37 bits per heavy atom. The smallest absolute Gasteiger partial charge is 0.342 e. The van der Waals surface area contributed by atoms with Gasteiger partial charge in [-0.15, -0.1) is 0 Å². The predicted octanol–water partition coefficient (Wildman–Crippen LogP) is 3.82. The van der Waals surface area contributed by atoms with Crippen LogP contribution in [0.2, 0.25) is 0 Å². The molecule has 2 N–H and O–H groups in total. The van der Waals surface area contributed by atoms with Gasteiger partial charge in [0.15, 0.2) is 5.75 Å². The normalized spacial score (nSPS) is 12.3. The molecule has 0 atom stereocenters. The standard InChI is InChI=1S/C30H33NO10/c1-17(6-13-24(33)34)5-11-21-27(38-3)18(2)22-16-40-30(37)26(22)28(21)41-25(35)14-12-23(32)31-15-19-7-9-20(10-8-19)29(36)39-4/h5,7-10H,6,11-16H2,1-4H3,(H,31,32)(H,33,34)/b17-5+. The molecule has 0 spiro atoms. The average molecular weight is 568 g/mol. The molecule has 41 heavy (non-hydrogen) atoms. The Balaban J connectivity index is 1.71. The van der Waals surface area contributed by atoms with Gasteiger partial charge in [-0.2, -0.15) is 0 Å². The maximum atomic E-state index is 12.9. The Kier molecular flexibility index (Phi) is 10.6. The fraction of sp³-hybridized carbons (Fsp3) is 0.367. The lowest BCUT2D eigenvalue weighted by Crippen LogP contribution is -2.24. The van der Waals surface area contributed by atoms with Crippen molar-refractivity contribution in [1.29, 1.82) is 0 Å². The molecule has 0 bridgehead atoms. The lowest BCUT2D eigenvalue weighted by atomic mass is 9.94. The first-order valence-electron chi connectivity index (χ1n) is 13.0. The van der Waals surface area contributed by atoms with Gasteiger partial charge in [0, 0.05) is 30.5 Å². The summed E-state index contributed by atoms with van der Waals surface area (Å²) in [4.78, 5) is 60.4. The van der Waals surface area contributed by atoms with E-state index in [4.69, 9.17) is 19.3 Å². The second-order valence-corrected chi connectivity index (χ2v) is 9.48. The summed E-state index contributed by atoms with van der Waals surface area (Å²) in [6.45, 7) is 3.78. The second kappa shape index (κ2) is 14.1. The maximum absolute atomic E-state index is 12.9. The molecule has 11 heteroatoms. The molecule has 0 fully saturated rings. The van der Waals surface area contributed by atoms with Crippen LogP contribution in [-0.2, 0) is 43.4 Å². The van der Waals surface area contributed by atoms with Gasteiger partial charge in [-0.05, 0) is 49.9 Å². The number of fused-ring (bicyclic) bond motifs is 1. The fourth-order valence-corrected chi connectivity index (χ4v) is 4.35. The van der Waals surface area contributed by atoms with Gasteiger partial charge in [-0.1, -0.05) is 23.8 Å². The van der Waals surface area contributed by atoms with Gasteiger partial charge in [0.2, 0.25) is 5.91 Å². The van der Waals surface area contributed by atoms with E-state index in [1.165, 1.54) is 14.2 Å². The monoisotopic (exact) mass is 567 g/mol.